The van der Waals surface area contributed by atoms with E-state index in [0.717, 1.165) is 13.0 Å². The lowest BCUT2D eigenvalue weighted by Crippen LogP contribution is -2.15. The lowest BCUT2D eigenvalue weighted by molar-refractivity contribution is -0.384. The van der Waals surface area contributed by atoms with Crippen molar-refractivity contribution in [1.82, 2.24) is 9.88 Å². The molecule has 0 amide bonds. The van der Waals surface area contributed by atoms with Crippen molar-refractivity contribution in [3.63, 3.8) is 0 Å². The van der Waals surface area contributed by atoms with Gasteiger partial charge in [-0.25, -0.2) is 0 Å². The lowest BCUT2D eigenvalue weighted by Gasteiger charge is -2.10. The summed E-state index contributed by atoms with van der Waals surface area (Å²) in [5, 5.41) is 13.5. The molecule has 0 radical (unpaired) electrons. The Morgan fingerprint density at radius 2 is 2.22 bits per heavy atom. The SMILES string of the molecule is CNc1cc([N+](=O)[O-])cc(OCCCN(C)C)n1. The van der Waals surface area contributed by atoms with E-state index in [1.54, 1.807) is 7.05 Å². The maximum atomic E-state index is 10.7. The van der Waals surface area contributed by atoms with Crippen LogP contribution in [0.4, 0.5) is 11.5 Å². The Hall–Kier alpha value is -1.89. The van der Waals surface area contributed by atoms with Gasteiger partial charge in [-0.15, -0.1) is 0 Å². The van der Waals surface area contributed by atoms with Crippen LogP contribution in [0.3, 0.4) is 0 Å². The molecule has 0 aliphatic carbocycles. The second-order valence-corrected chi connectivity index (χ2v) is 4.06. The second-order valence-electron chi connectivity index (χ2n) is 4.06. The van der Waals surface area contributed by atoms with Gasteiger partial charge in [0, 0.05) is 13.6 Å². The maximum Gasteiger partial charge on any atom is 0.278 e. The van der Waals surface area contributed by atoms with Gasteiger partial charge in [0.2, 0.25) is 5.88 Å². The minimum atomic E-state index is -0.463. The van der Waals surface area contributed by atoms with Gasteiger partial charge in [0.05, 0.1) is 23.7 Å². The van der Waals surface area contributed by atoms with Crippen LogP contribution in [0.25, 0.3) is 0 Å². The van der Waals surface area contributed by atoms with Crippen molar-refractivity contribution >= 4 is 11.5 Å². The molecule has 0 unspecified atom stereocenters. The largest absolute Gasteiger partial charge is 0.477 e. The summed E-state index contributed by atoms with van der Waals surface area (Å²) in [6.45, 7) is 1.38. The van der Waals surface area contributed by atoms with E-state index in [2.05, 4.69) is 10.3 Å². The van der Waals surface area contributed by atoms with Crippen molar-refractivity contribution in [2.75, 3.05) is 39.6 Å². The number of nitrogens with zero attached hydrogens (tertiary/aromatic N) is 3. The number of hydrogen-bond acceptors (Lipinski definition) is 6. The zero-order valence-electron chi connectivity index (χ0n) is 10.8. The van der Waals surface area contributed by atoms with Gasteiger partial charge in [0.15, 0.2) is 0 Å². The minimum absolute atomic E-state index is 0.0306. The van der Waals surface area contributed by atoms with E-state index >= 15 is 0 Å². The molecular weight excluding hydrogens is 236 g/mol. The summed E-state index contributed by atoms with van der Waals surface area (Å²) in [5.74, 6) is 0.694. The van der Waals surface area contributed by atoms with Crippen LogP contribution in [0, 0.1) is 10.1 Å². The van der Waals surface area contributed by atoms with E-state index < -0.39 is 4.92 Å². The van der Waals surface area contributed by atoms with Gasteiger partial charge in [0.25, 0.3) is 5.69 Å². The van der Waals surface area contributed by atoms with Crippen molar-refractivity contribution in [3.05, 3.63) is 22.2 Å². The van der Waals surface area contributed by atoms with E-state index in [9.17, 15) is 10.1 Å². The number of pyridine rings is 1. The second kappa shape index (κ2) is 6.75. The molecule has 0 bridgehead atoms. The predicted octanol–water partition coefficient (Wildman–Crippen LogP) is 1.36. The first-order valence-electron chi connectivity index (χ1n) is 5.64. The Morgan fingerprint density at radius 1 is 1.50 bits per heavy atom. The van der Waals surface area contributed by atoms with Crippen LogP contribution in [0.2, 0.25) is 0 Å². The van der Waals surface area contributed by atoms with Crippen LogP contribution in [0.15, 0.2) is 12.1 Å². The fraction of sp³-hybridized carbons (Fsp3) is 0.545. The Bertz CT molecular complexity index is 409. The van der Waals surface area contributed by atoms with Gasteiger partial charge in [-0.1, -0.05) is 0 Å². The molecule has 0 aromatic carbocycles. The molecule has 1 rings (SSSR count). The molecule has 1 aromatic heterocycles. The zero-order valence-corrected chi connectivity index (χ0v) is 10.8. The van der Waals surface area contributed by atoms with Crippen LogP contribution in [-0.2, 0) is 0 Å². The van der Waals surface area contributed by atoms with Crippen LogP contribution >= 0.6 is 0 Å². The van der Waals surface area contributed by atoms with Gasteiger partial charge in [-0.05, 0) is 20.5 Å². The van der Waals surface area contributed by atoms with Crippen LogP contribution in [0.1, 0.15) is 6.42 Å². The molecule has 7 heteroatoms. The number of hydrogen-bond donors (Lipinski definition) is 1. The van der Waals surface area contributed by atoms with Gasteiger partial charge < -0.3 is 15.0 Å². The molecule has 0 saturated heterocycles. The number of anilines is 1. The Kier molecular flexibility index (Phi) is 5.31. The predicted molar refractivity (Wildman–Crippen MR) is 69.1 cm³/mol. The van der Waals surface area contributed by atoms with Gasteiger partial charge in [0.1, 0.15) is 5.82 Å². The highest BCUT2D eigenvalue weighted by atomic mass is 16.6. The molecule has 0 spiro atoms. The summed E-state index contributed by atoms with van der Waals surface area (Å²) >= 11 is 0. The molecule has 7 nitrogen and oxygen atoms in total. The normalized spacial score (nSPS) is 10.4. The number of ether oxygens (including phenoxy) is 1. The minimum Gasteiger partial charge on any atom is -0.477 e. The van der Waals surface area contributed by atoms with Crippen LogP contribution in [0.5, 0.6) is 5.88 Å². The van der Waals surface area contributed by atoms with Crippen molar-refractivity contribution in [2.45, 2.75) is 6.42 Å². The first-order valence-corrected chi connectivity index (χ1v) is 5.64. The fourth-order valence-corrected chi connectivity index (χ4v) is 1.36. The highest BCUT2D eigenvalue weighted by Crippen LogP contribution is 2.21. The summed E-state index contributed by atoms with van der Waals surface area (Å²) in [4.78, 5) is 16.4. The molecule has 1 aromatic rings. The van der Waals surface area contributed by atoms with Gasteiger partial charge in [-0.3, -0.25) is 10.1 Å². The average Bonchev–Trinajstić information content (AvgIpc) is 2.34. The van der Waals surface area contributed by atoms with Gasteiger partial charge in [-0.2, -0.15) is 4.98 Å². The molecule has 0 atom stereocenters. The van der Waals surface area contributed by atoms with E-state index in [1.165, 1.54) is 12.1 Å². The van der Waals surface area contributed by atoms with Crippen LogP contribution < -0.4 is 10.1 Å². The summed E-state index contributed by atoms with van der Waals surface area (Å²) in [7, 11) is 5.61. The smallest absolute Gasteiger partial charge is 0.278 e. The van der Waals surface area contributed by atoms with E-state index in [-0.39, 0.29) is 11.6 Å². The molecule has 0 aliphatic rings. The number of rotatable bonds is 7. The lowest BCUT2D eigenvalue weighted by atomic mass is 10.4. The molecule has 0 saturated carbocycles. The average molecular weight is 254 g/mol. The molecule has 1 heterocycles. The van der Waals surface area contributed by atoms with Crippen molar-refractivity contribution in [3.8, 4) is 5.88 Å². The van der Waals surface area contributed by atoms with E-state index in [1.807, 2.05) is 19.0 Å². The number of aromatic nitrogens is 1. The highest BCUT2D eigenvalue weighted by molar-refractivity contribution is 5.47. The Balaban J connectivity index is 2.64. The van der Waals surface area contributed by atoms with Gasteiger partial charge >= 0.3 is 0 Å². The molecular formula is C11H18N4O3. The molecule has 0 aliphatic heterocycles. The standard InChI is InChI=1S/C11H18N4O3/c1-12-10-7-9(15(16)17)8-11(13-10)18-6-4-5-14(2)3/h7-8H,4-6H2,1-3H3,(H,12,13). The number of nitro groups is 1. The Morgan fingerprint density at radius 3 is 2.78 bits per heavy atom. The van der Waals surface area contributed by atoms with E-state index in [0.29, 0.717) is 12.4 Å². The maximum absolute atomic E-state index is 10.7. The van der Waals surface area contributed by atoms with Crippen molar-refractivity contribution < 1.29 is 9.66 Å². The third kappa shape index (κ3) is 4.54. The van der Waals surface area contributed by atoms with Crippen molar-refractivity contribution in [2.24, 2.45) is 0 Å². The van der Waals surface area contributed by atoms with E-state index in [4.69, 9.17) is 4.74 Å². The summed E-state index contributed by atoms with van der Waals surface area (Å²) in [6, 6.07) is 2.70. The highest BCUT2D eigenvalue weighted by Gasteiger charge is 2.11. The summed E-state index contributed by atoms with van der Waals surface area (Å²) in [6.07, 6.45) is 0.840. The first kappa shape index (κ1) is 14.2. The third-order valence-corrected chi connectivity index (χ3v) is 2.25. The zero-order chi connectivity index (χ0) is 13.5. The summed E-state index contributed by atoms with van der Waals surface area (Å²) in [5.41, 5.74) is -0.0306. The monoisotopic (exact) mass is 254 g/mol. The molecule has 0 fully saturated rings. The number of nitrogens with one attached hydrogen (secondary N) is 1. The Labute approximate surface area is 106 Å². The first-order chi connectivity index (χ1) is 8.52. The topological polar surface area (TPSA) is 80.5 Å². The molecule has 18 heavy (non-hydrogen) atoms. The fourth-order valence-electron chi connectivity index (χ4n) is 1.36. The van der Waals surface area contributed by atoms with Crippen molar-refractivity contribution in [1.29, 1.82) is 0 Å². The summed E-state index contributed by atoms with van der Waals surface area (Å²) < 4.78 is 5.41. The quantitative estimate of drug-likeness (QED) is 0.449. The molecule has 1 N–H and O–H groups in total. The third-order valence-electron chi connectivity index (χ3n) is 2.25. The molecule has 100 valence electrons. The van der Waals surface area contributed by atoms with Crippen LogP contribution in [-0.4, -0.2) is 49.1 Å².